The summed E-state index contributed by atoms with van der Waals surface area (Å²) in [5, 5.41) is 2.81. The summed E-state index contributed by atoms with van der Waals surface area (Å²) in [6, 6.07) is -0.468. The minimum absolute atomic E-state index is 0.184. The van der Waals surface area contributed by atoms with Gasteiger partial charge in [0.15, 0.2) is 0 Å². The van der Waals surface area contributed by atoms with Crippen molar-refractivity contribution < 1.29 is 23.9 Å². The molecule has 138 valence electrons. The molecule has 1 aliphatic carbocycles. The molecule has 0 bridgehead atoms. The molecule has 2 heterocycles. The number of carbonyl (C=O) groups is 4. The van der Waals surface area contributed by atoms with Crippen molar-refractivity contribution in [2.45, 2.75) is 50.5 Å². The lowest BCUT2D eigenvalue weighted by Crippen LogP contribution is -2.49. The van der Waals surface area contributed by atoms with Gasteiger partial charge in [0.1, 0.15) is 12.1 Å². The lowest BCUT2D eigenvalue weighted by Gasteiger charge is -2.32. The van der Waals surface area contributed by atoms with E-state index in [0.717, 1.165) is 24.2 Å². The number of amides is 4. The summed E-state index contributed by atoms with van der Waals surface area (Å²) in [6.07, 6.45) is 5.27. The van der Waals surface area contributed by atoms with Gasteiger partial charge in [0.05, 0.1) is 13.0 Å². The van der Waals surface area contributed by atoms with Crippen molar-refractivity contribution in [1.82, 2.24) is 15.1 Å². The molecular weight excluding hydrogens is 326 g/mol. The Morgan fingerprint density at radius 1 is 1.16 bits per heavy atom. The van der Waals surface area contributed by atoms with Crippen LogP contribution in [0.3, 0.4) is 0 Å². The first kappa shape index (κ1) is 17.7. The van der Waals surface area contributed by atoms with Crippen LogP contribution < -0.4 is 5.32 Å². The first-order valence-electron chi connectivity index (χ1n) is 8.96. The number of hydrogen-bond donors (Lipinski definition) is 1. The highest BCUT2D eigenvalue weighted by atomic mass is 16.5. The number of nitrogens with zero attached hydrogens (tertiary/aromatic N) is 2. The molecule has 0 aromatic heterocycles. The molecule has 1 N–H and O–H groups in total. The Kier molecular flexibility index (Phi) is 4.96. The highest BCUT2D eigenvalue weighted by molar-refractivity contribution is 6.09. The molecule has 0 aromatic rings. The molecule has 3 fully saturated rings. The molecule has 2 saturated heterocycles. The van der Waals surface area contributed by atoms with Gasteiger partial charge in [-0.05, 0) is 25.7 Å². The van der Waals surface area contributed by atoms with Crippen LogP contribution in [0.1, 0.15) is 44.9 Å². The van der Waals surface area contributed by atoms with Gasteiger partial charge in [-0.25, -0.2) is 4.79 Å². The molecule has 0 atom stereocenters. The number of urea groups is 1. The first-order valence-corrected chi connectivity index (χ1v) is 8.96. The molecule has 4 amide bonds. The predicted octanol–water partition coefficient (Wildman–Crippen LogP) is 0.653. The van der Waals surface area contributed by atoms with Crippen molar-refractivity contribution in [3.05, 3.63) is 0 Å². The number of hydrogen-bond acceptors (Lipinski definition) is 5. The van der Waals surface area contributed by atoms with E-state index in [0.29, 0.717) is 38.8 Å². The predicted molar refractivity (Wildman–Crippen MR) is 87.4 cm³/mol. The van der Waals surface area contributed by atoms with Gasteiger partial charge in [-0.15, -0.1) is 0 Å². The number of ether oxygens (including phenoxy) is 1. The molecule has 1 spiro atoms. The maximum absolute atomic E-state index is 12.7. The minimum atomic E-state index is -0.798. The summed E-state index contributed by atoms with van der Waals surface area (Å²) in [5.74, 6) is -0.952. The van der Waals surface area contributed by atoms with Gasteiger partial charge < -0.3 is 15.0 Å². The molecule has 3 aliphatic rings. The highest BCUT2D eigenvalue weighted by Crippen LogP contribution is 2.33. The molecule has 25 heavy (non-hydrogen) atoms. The number of rotatable bonds is 3. The van der Waals surface area contributed by atoms with Crippen LogP contribution in [-0.4, -0.2) is 65.9 Å². The molecule has 8 heteroatoms. The fourth-order valence-corrected chi connectivity index (χ4v) is 4.08. The van der Waals surface area contributed by atoms with Crippen molar-refractivity contribution in [1.29, 1.82) is 0 Å². The highest BCUT2D eigenvalue weighted by Gasteiger charge is 2.51. The molecule has 2 aliphatic heterocycles. The first-order chi connectivity index (χ1) is 12.0. The summed E-state index contributed by atoms with van der Waals surface area (Å²) in [4.78, 5) is 51.6. The van der Waals surface area contributed by atoms with E-state index in [2.05, 4.69) is 5.32 Å². The summed E-state index contributed by atoms with van der Waals surface area (Å²) >= 11 is 0. The van der Waals surface area contributed by atoms with Gasteiger partial charge >= 0.3 is 12.0 Å². The molecule has 8 nitrogen and oxygen atoms in total. The van der Waals surface area contributed by atoms with Crippen LogP contribution in [0.5, 0.6) is 0 Å². The summed E-state index contributed by atoms with van der Waals surface area (Å²) in [5.41, 5.74) is -0.798. The van der Waals surface area contributed by atoms with E-state index in [9.17, 15) is 19.2 Å². The van der Waals surface area contributed by atoms with Crippen LogP contribution in [0.4, 0.5) is 4.79 Å². The third kappa shape index (κ3) is 3.34. The summed E-state index contributed by atoms with van der Waals surface area (Å²) < 4.78 is 4.74. The van der Waals surface area contributed by atoms with E-state index in [-0.39, 0.29) is 30.2 Å². The number of methoxy groups -OCH3 is 1. The molecular formula is C17H25N3O5. The van der Waals surface area contributed by atoms with Crippen molar-refractivity contribution >= 4 is 23.8 Å². The van der Waals surface area contributed by atoms with Gasteiger partial charge in [-0.1, -0.05) is 19.3 Å². The van der Waals surface area contributed by atoms with Crippen LogP contribution >= 0.6 is 0 Å². The third-order valence-corrected chi connectivity index (χ3v) is 5.63. The summed E-state index contributed by atoms with van der Waals surface area (Å²) in [7, 11) is 1.36. The van der Waals surface area contributed by atoms with Crippen molar-refractivity contribution in [3.8, 4) is 0 Å². The topological polar surface area (TPSA) is 96.0 Å². The van der Waals surface area contributed by atoms with Crippen LogP contribution in [0.15, 0.2) is 0 Å². The van der Waals surface area contributed by atoms with E-state index < -0.39 is 11.6 Å². The van der Waals surface area contributed by atoms with Gasteiger partial charge in [0.25, 0.3) is 5.91 Å². The lowest BCUT2D eigenvalue weighted by atomic mass is 9.82. The third-order valence-electron chi connectivity index (χ3n) is 5.63. The average Bonchev–Trinajstić information content (AvgIpc) is 2.85. The van der Waals surface area contributed by atoms with Crippen LogP contribution in [0.2, 0.25) is 0 Å². The normalized spacial score (nSPS) is 23.7. The Balaban J connectivity index is 1.57. The van der Waals surface area contributed by atoms with Crippen molar-refractivity contribution in [3.63, 3.8) is 0 Å². The standard InChI is InChI=1S/C17H25N3O5/c1-25-14(22)12-5-9-19(10-6-12)13(21)11-20-15(23)17(18-16(20)24)7-3-2-4-8-17/h12H,2-11H2,1H3,(H,18,24). The number of esters is 1. The molecule has 1 saturated carbocycles. The van der Waals surface area contributed by atoms with Crippen LogP contribution in [-0.2, 0) is 19.1 Å². The second-order valence-corrected chi connectivity index (χ2v) is 7.14. The van der Waals surface area contributed by atoms with E-state index in [1.807, 2.05) is 0 Å². The summed E-state index contributed by atoms with van der Waals surface area (Å²) in [6.45, 7) is 0.649. The van der Waals surface area contributed by atoms with E-state index in [4.69, 9.17) is 4.74 Å². The fourth-order valence-electron chi connectivity index (χ4n) is 4.08. The fraction of sp³-hybridized carbons (Fsp3) is 0.765. The SMILES string of the molecule is COC(=O)C1CCN(C(=O)CN2C(=O)NC3(CCCCC3)C2=O)CC1. The van der Waals surface area contributed by atoms with Crippen molar-refractivity contribution in [2.75, 3.05) is 26.7 Å². The van der Waals surface area contributed by atoms with Gasteiger partial charge in [0, 0.05) is 13.1 Å². The van der Waals surface area contributed by atoms with Crippen LogP contribution in [0, 0.1) is 5.92 Å². The number of likely N-dealkylation sites (tertiary alicyclic amines) is 1. The zero-order valence-electron chi connectivity index (χ0n) is 14.6. The Labute approximate surface area is 146 Å². The van der Waals surface area contributed by atoms with Gasteiger partial charge in [0.2, 0.25) is 5.91 Å². The Bertz CT molecular complexity index is 577. The van der Waals surface area contributed by atoms with E-state index in [1.165, 1.54) is 7.11 Å². The second-order valence-electron chi connectivity index (χ2n) is 7.14. The number of imide groups is 1. The molecule has 0 unspecified atom stereocenters. The maximum atomic E-state index is 12.7. The molecule has 0 aromatic carbocycles. The molecule has 3 rings (SSSR count). The quantitative estimate of drug-likeness (QED) is 0.595. The maximum Gasteiger partial charge on any atom is 0.325 e. The Morgan fingerprint density at radius 3 is 2.40 bits per heavy atom. The Morgan fingerprint density at radius 2 is 1.80 bits per heavy atom. The Hall–Kier alpha value is -2.12. The molecule has 0 radical (unpaired) electrons. The van der Waals surface area contributed by atoms with Gasteiger partial charge in [-0.2, -0.15) is 0 Å². The second kappa shape index (κ2) is 7.01. The number of carbonyl (C=O) groups excluding carboxylic acids is 4. The average molecular weight is 351 g/mol. The number of nitrogens with one attached hydrogen (secondary N) is 1. The zero-order valence-corrected chi connectivity index (χ0v) is 14.6. The van der Waals surface area contributed by atoms with Crippen LogP contribution in [0.25, 0.3) is 0 Å². The number of piperidine rings is 1. The van der Waals surface area contributed by atoms with E-state index in [1.54, 1.807) is 4.90 Å². The van der Waals surface area contributed by atoms with Crippen molar-refractivity contribution in [2.24, 2.45) is 5.92 Å². The zero-order chi connectivity index (χ0) is 18.0. The van der Waals surface area contributed by atoms with Gasteiger partial charge in [-0.3, -0.25) is 19.3 Å². The smallest absolute Gasteiger partial charge is 0.325 e. The van der Waals surface area contributed by atoms with E-state index >= 15 is 0 Å². The monoisotopic (exact) mass is 351 g/mol. The minimum Gasteiger partial charge on any atom is -0.469 e. The largest absolute Gasteiger partial charge is 0.469 e. The lowest BCUT2D eigenvalue weighted by molar-refractivity contribution is -0.149.